The van der Waals surface area contributed by atoms with Crippen LogP contribution in [0.25, 0.3) is 21.9 Å². The van der Waals surface area contributed by atoms with Gasteiger partial charge in [-0.2, -0.15) is 0 Å². The minimum atomic E-state index is -0.893. The minimum Gasteiger partial charge on any atom is -0.495 e. The van der Waals surface area contributed by atoms with Gasteiger partial charge in [0.15, 0.2) is 12.4 Å². The first kappa shape index (κ1) is 21.6. The molecule has 0 saturated heterocycles. The first-order valence-electron chi connectivity index (χ1n) is 9.70. The van der Waals surface area contributed by atoms with Gasteiger partial charge < -0.3 is 23.9 Å². The van der Waals surface area contributed by atoms with Crippen LogP contribution >= 0.6 is 0 Å². The van der Waals surface area contributed by atoms with E-state index in [-0.39, 0.29) is 17.0 Å². The lowest BCUT2D eigenvalue weighted by atomic mass is 10.1. The van der Waals surface area contributed by atoms with E-state index in [1.807, 2.05) is 24.3 Å². The topological polar surface area (TPSA) is 130 Å². The lowest BCUT2D eigenvalue weighted by Crippen LogP contribution is -2.21. The van der Waals surface area contributed by atoms with Crippen molar-refractivity contribution >= 4 is 45.2 Å². The molecule has 10 nitrogen and oxygen atoms in total. The number of rotatable bonds is 7. The van der Waals surface area contributed by atoms with E-state index in [0.717, 1.165) is 16.8 Å². The minimum absolute atomic E-state index is 0.00219. The summed E-state index contributed by atoms with van der Waals surface area (Å²) >= 11 is 0. The number of anilines is 1. The molecule has 33 heavy (non-hydrogen) atoms. The van der Waals surface area contributed by atoms with Crippen molar-refractivity contribution < 1.29 is 33.1 Å². The Morgan fingerprint density at radius 2 is 1.73 bits per heavy atom. The van der Waals surface area contributed by atoms with Crippen LogP contribution in [-0.2, 0) is 9.53 Å². The summed E-state index contributed by atoms with van der Waals surface area (Å²) in [7, 11) is 2.75. The molecule has 0 saturated carbocycles. The second-order valence-corrected chi connectivity index (χ2v) is 6.91. The number of benzene rings is 3. The van der Waals surface area contributed by atoms with Crippen molar-refractivity contribution in [3.8, 4) is 11.5 Å². The maximum atomic E-state index is 12.4. The molecule has 0 unspecified atom stereocenters. The second kappa shape index (κ2) is 8.87. The molecule has 0 aliphatic rings. The van der Waals surface area contributed by atoms with Crippen LogP contribution in [0.15, 0.2) is 59.0 Å². The van der Waals surface area contributed by atoms with Gasteiger partial charge in [-0.3, -0.25) is 14.9 Å². The molecule has 0 radical (unpaired) electrons. The van der Waals surface area contributed by atoms with Crippen LogP contribution in [0.2, 0.25) is 0 Å². The smallest absolute Gasteiger partial charge is 0.338 e. The molecule has 1 amide bonds. The molecule has 0 atom stereocenters. The Kier molecular flexibility index (Phi) is 5.81. The number of esters is 1. The van der Waals surface area contributed by atoms with Crippen LogP contribution in [-0.4, -0.2) is 37.6 Å². The molecule has 0 fully saturated rings. The molecule has 4 aromatic rings. The van der Waals surface area contributed by atoms with Crippen molar-refractivity contribution in [3.63, 3.8) is 0 Å². The number of hydrogen-bond acceptors (Lipinski definition) is 8. The Balaban J connectivity index is 1.48. The fraction of sp³-hybridized carbons (Fsp3) is 0.130. The van der Waals surface area contributed by atoms with Crippen LogP contribution in [0.3, 0.4) is 0 Å². The highest BCUT2D eigenvalue weighted by Crippen LogP contribution is 2.36. The van der Waals surface area contributed by atoms with Gasteiger partial charge in [0.2, 0.25) is 0 Å². The van der Waals surface area contributed by atoms with E-state index in [9.17, 15) is 19.7 Å². The average molecular weight is 450 g/mol. The predicted molar refractivity (Wildman–Crippen MR) is 119 cm³/mol. The summed E-state index contributed by atoms with van der Waals surface area (Å²) in [6.07, 6.45) is 0. The van der Waals surface area contributed by atoms with Gasteiger partial charge in [-0.25, -0.2) is 4.79 Å². The van der Waals surface area contributed by atoms with E-state index in [1.165, 1.54) is 26.4 Å². The number of nitro groups is 1. The molecule has 3 aromatic carbocycles. The SMILES string of the molecule is COc1cc2c(cc1NC(=O)COC(=O)c1ccc(OC)c([N+](=O)[O-])c1)oc1ccccc12. The zero-order valence-electron chi connectivity index (χ0n) is 17.6. The Labute approximate surface area is 186 Å². The zero-order valence-corrected chi connectivity index (χ0v) is 17.6. The molecule has 1 heterocycles. The summed E-state index contributed by atoms with van der Waals surface area (Å²) in [6, 6.07) is 14.5. The summed E-state index contributed by atoms with van der Waals surface area (Å²) in [4.78, 5) is 35.1. The highest BCUT2D eigenvalue weighted by Gasteiger charge is 2.20. The van der Waals surface area contributed by atoms with Crippen molar-refractivity contribution in [1.29, 1.82) is 0 Å². The monoisotopic (exact) mass is 450 g/mol. The molecule has 4 rings (SSSR count). The van der Waals surface area contributed by atoms with Gasteiger partial charge in [0, 0.05) is 22.9 Å². The van der Waals surface area contributed by atoms with E-state index in [0.29, 0.717) is 22.6 Å². The van der Waals surface area contributed by atoms with Crippen molar-refractivity contribution in [3.05, 3.63) is 70.3 Å². The van der Waals surface area contributed by atoms with Gasteiger partial charge in [-0.1, -0.05) is 18.2 Å². The number of methoxy groups -OCH3 is 2. The number of para-hydroxylation sites is 1. The van der Waals surface area contributed by atoms with E-state index in [1.54, 1.807) is 12.1 Å². The average Bonchev–Trinajstić information content (AvgIpc) is 3.18. The largest absolute Gasteiger partial charge is 0.495 e. The summed E-state index contributed by atoms with van der Waals surface area (Å²) < 4.78 is 21.1. The second-order valence-electron chi connectivity index (χ2n) is 6.91. The standard InChI is InChI=1S/C23H18N2O8/c1-30-19-8-7-13(9-17(19)25(28)29)23(27)32-12-22(26)24-16-11-20-15(10-21(16)31-2)14-5-3-4-6-18(14)33-20/h3-11H,12H2,1-2H3,(H,24,26). The summed E-state index contributed by atoms with van der Waals surface area (Å²) in [5.74, 6) is -1.11. The van der Waals surface area contributed by atoms with E-state index < -0.39 is 23.4 Å². The number of carbonyl (C=O) groups excluding carboxylic acids is 2. The highest BCUT2D eigenvalue weighted by atomic mass is 16.6. The van der Waals surface area contributed by atoms with Crippen molar-refractivity contribution in [2.24, 2.45) is 0 Å². The van der Waals surface area contributed by atoms with Crippen LogP contribution < -0.4 is 14.8 Å². The molecular formula is C23H18N2O8. The number of nitro benzene ring substituents is 1. The van der Waals surface area contributed by atoms with Crippen molar-refractivity contribution in [2.75, 3.05) is 26.1 Å². The molecule has 0 aliphatic carbocycles. The summed E-state index contributed by atoms with van der Waals surface area (Å²) in [6.45, 7) is -0.611. The molecular weight excluding hydrogens is 432 g/mol. The molecule has 0 spiro atoms. The zero-order chi connectivity index (χ0) is 23.5. The Hall–Kier alpha value is -4.60. The summed E-state index contributed by atoms with van der Waals surface area (Å²) in [5.41, 5.74) is 1.11. The molecule has 0 bridgehead atoms. The maximum absolute atomic E-state index is 12.4. The number of furan rings is 1. The van der Waals surface area contributed by atoms with Gasteiger partial charge >= 0.3 is 11.7 Å². The Morgan fingerprint density at radius 3 is 2.45 bits per heavy atom. The van der Waals surface area contributed by atoms with Gasteiger partial charge in [0.25, 0.3) is 5.91 Å². The normalized spacial score (nSPS) is 10.7. The third-order valence-corrected chi connectivity index (χ3v) is 4.92. The third kappa shape index (κ3) is 4.26. The van der Waals surface area contributed by atoms with Crippen LogP contribution in [0.4, 0.5) is 11.4 Å². The number of nitrogens with zero attached hydrogens (tertiary/aromatic N) is 1. The first-order chi connectivity index (χ1) is 15.9. The molecule has 1 aromatic heterocycles. The maximum Gasteiger partial charge on any atom is 0.338 e. The number of ether oxygens (including phenoxy) is 3. The number of nitrogens with one attached hydrogen (secondary N) is 1. The van der Waals surface area contributed by atoms with E-state index >= 15 is 0 Å². The fourth-order valence-electron chi connectivity index (χ4n) is 3.38. The fourth-order valence-corrected chi connectivity index (χ4v) is 3.38. The molecule has 168 valence electrons. The molecule has 0 aliphatic heterocycles. The van der Waals surface area contributed by atoms with Crippen molar-refractivity contribution in [2.45, 2.75) is 0 Å². The quantitative estimate of drug-likeness (QED) is 0.250. The molecule has 10 heteroatoms. The number of amides is 1. The first-order valence-corrected chi connectivity index (χ1v) is 9.70. The van der Waals surface area contributed by atoms with Gasteiger partial charge in [0.1, 0.15) is 16.9 Å². The van der Waals surface area contributed by atoms with Crippen LogP contribution in [0.1, 0.15) is 10.4 Å². The lowest BCUT2D eigenvalue weighted by molar-refractivity contribution is -0.385. The molecule has 1 N–H and O–H groups in total. The lowest BCUT2D eigenvalue weighted by Gasteiger charge is -2.11. The summed E-state index contributed by atoms with van der Waals surface area (Å²) in [5, 5.41) is 15.5. The number of carbonyl (C=O) groups is 2. The van der Waals surface area contributed by atoms with Crippen LogP contribution in [0, 0.1) is 10.1 Å². The van der Waals surface area contributed by atoms with Gasteiger partial charge in [-0.15, -0.1) is 0 Å². The number of hydrogen-bond donors (Lipinski definition) is 1. The highest BCUT2D eigenvalue weighted by molar-refractivity contribution is 6.08. The van der Waals surface area contributed by atoms with Crippen molar-refractivity contribution in [1.82, 2.24) is 0 Å². The number of fused-ring (bicyclic) bond motifs is 3. The third-order valence-electron chi connectivity index (χ3n) is 4.92. The van der Waals surface area contributed by atoms with E-state index in [4.69, 9.17) is 18.6 Å². The predicted octanol–water partition coefficient (Wildman–Crippen LogP) is 4.31. The Morgan fingerprint density at radius 1 is 0.970 bits per heavy atom. The Bertz CT molecular complexity index is 1390. The van der Waals surface area contributed by atoms with E-state index in [2.05, 4.69) is 5.32 Å². The van der Waals surface area contributed by atoms with Gasteiger partial charge in [-0.05, 0) is 24.3 Å². The van der Waals surface area contributed by atoms with Gasteiger partial charge in [0.05, 0.1) is 30.4 Å². The van der Waals surface area contributed by atoms with Crippen LogP contribution in [0.5, 0.6) is 11.5 Å².